The quantitative estimate of drug-likeness (QED) is 0.264. The number of nitrogens with zero attached hydrogens (tertiary/aromatic N) is 3. The molecule has 0 saturated carbocycles. The first-order valence-corrected chi connectivity index (χ1v) is 13.7. The molecule has 2 aromatic heterocycles. The van der Waals surface area contributed by atoms with E-state index in [2.05, 4.69) is 72.9 Å². The van der Waals surface area contributed by atoms with Gasteiger partial charge in [-0.05, 0) is 99.9 Å². The summed E-state index contributed by atoms with van der Waals surface area (Å²) < 4.78 is 7.87. The van der Waals surface area contributed by atoms with E-state index < -0.39 is 0 Å². The number of methoxy groups -OCH3 is 1. The van der Waals surface area contributed by atoms with Crippen molar-refractivity contribution in [3.05, 3.63) is 100 Å². The molecule has 0 unspecified atom stereocenters. The molecule has 8 heteroatoms. The first-order chi connectivity index (χ1) is 19.1. The van der Waals surface area contributed by atoms with E-state index in [4.69, 9.17) is 21.9 Å². The fourth-order valence-corrected chi connectivity index (χ4v) is 6.38. The number of thiocarbonyl (C=S) groups is 1. The van der Waals surface area contributed by atoms with Gasteiger partial charge in [-0.1, -0.05) is 23.8 Å². The molecule has 0 aliphatic carbocycles. The highest BCUT2D eigenvalue weighted by molar-refractivity contribution is 7.80. The lowest BCUT2D eigenvalue weighted by Crippen LogP contribution is -2.29. The second-order valence-corrected chi connectivity index (χ2v) is 10.9. The highest BCUT2D eigenvalue weighted by Crippen LogP contribution is 2.45. The van der Waals surface area contributed by atoms with Gasteiger partial charge in [0.05, 0.1) is 36.3 Å². The Morgan fingerprint density at radius 1 is 1.02 bits per heavy atom. The number of nitrogens with one attached hydrogen (secondary N) is 2. The van der Waals surface area contributed by atoms with Gasteiger partial charge in [-0.25, -0.2) is 0 Å². The first-order valence-electron chi connectivity index (χ1n) is 13.3. The Morgan fingerprint density at radius 2 is 1.75 bits per heavy atom. The largest absolute Gasteiger partial charge is 0.495 e. The summed E-state index contributed by atoms with van der Waals surface area (Å²) in [5.74, 6) is 0.409. The SMILES string of the molecule is COc1ccc(N2C(=S)N[C@@H](c3ccccn3)[C@@H]2c2cc(C)n(-c3c(C)cc(C)cc3C)c2C)cc1NC(C)=O. The number of amides is 1. The monoisotopic (exact) mass is 553 g/mol. The standard InChI is InChI=1S/C32H35N5O2S/c1-18-14-19(2)30(20(3)15-18)36-21(4)16-25(22(36)5)31-29(26-10-8-9-13-33-26)35-32(40)37(31)24-11-12-28(39-7)27(17-24)34-23(6)38/h8-17,29,31H,1-7H3,(H,34,38)(H,35,40)/t29-,31-/m0/s1. The molecular weight excluding hydrogens is 518 g/mol. The van der Waals surface area contributed by atoms with E-state index in [0.29, 0.717) is 16.5 Å². The maximum Gasteiger partial charge on any atom is 0.221 e. The van der Waals surface area contributed by atoms with Crippen molar-refractivity contribution in [3.63, 3.8) is 0 Å². The number of hydrogen-bond donors (Lipinski definition) is 2. The van der Waals surface area contributed by atoms with E-state index in [1.165, 1.54) is 29.3 Å². The second kappa shape index (κ2) is 10.8. The van der Waals surface area contributed by atoms with Gasteiger partial charge in [0.15, 0.2) is 5.11 Å². The Bertz CT molecular complexity index is 1590. The second-order valence-electron chi connectivity index (χ2n) is 10.5. The Morgan fingerprint density at radius 3 is 2.38 bits per heavy atom. The molecule has 3 heterocycles. The average molecular weight is 554 g/mol. The van der Waals surface area contributed by atoms with Crippen molar-refractivity contribution in [1.29, 1.82) is 0 Å². The molecule has 5 rings (SSSR count). The van der Waals surface area contributed by atoms with Gasteiger partial charge < -0.3 is 24.8 Å². The van der Waals surface area contributed by atoms with Crippen LogP contribution in [0.1, 0.15) is 58.3 Å². The molecular formula is C32H35N5O2S. The van der Waals surface area contributed by atoms with Gasteiger partial charge in [0.2, 0.25) is 5.91 Å². The average Bonchev–Trinajstić information content (AvgIpc) is 3.39. The number of pyridine rings is 1. The molecule has 40 heavy (non-hydrogen) atoms. The third-order valence-corrected chi connectivity index (χ3v) is 7.83. The van der Waals surface area contributed by atoms with Crippen molar-refractivity contribution >= 4 is 34.6 Å². The van der Waals surface area contributed by atoms with Crippen molar-refractivity contribution in [2.75, 3.05) is 17.3 Å². The summed E-state index contributed by atoms with van der Waals surface area (Å²) in [6, 6.07) is 18.0. The zero-order valence-electron chi connectivity index (χ0n) is 24.0. The van der Waals surface area contributed by atoms with Crippen LogP contribution in [-0.2, 0) is 4.79 Å². The number of aromatic nitrogens is 2. The number of rotatable bonds is 6. The highest BCUT2D eigenvalue weighted by Gasteiger charge is 2.42. The Kier molecular flexibility index (Phi) is 7.38. The summed E-state index contributed by atoms with van der Waals surface area (Å²) in [5, 5.41) is 7.03. The molecule has 206 valence electrons. The van der Waals surface area contributed by atoms with E-state index >= 15 is 0 Å². The number of ether oxygens (including phenoxy) is 1. The molecule has 2 atom stereocenters. The molecule has 1 aliphatic heterocycles. The molecule has 2 aromatic carbocycles. The van der Waals surface area contributed by atoms with Gasteiger partial charge in [0.1, 0.15) is 5.75 Å². The van der Waals surface area contributed by atoms with Crippen LogP contribution in [0.5, 0.6) is 5.75 Å². The van der Waals surface area contributed by atoms with Crippen LogP contribution < -0.4 is 20.3 Å². The fraction of sp³-hybridized carbons (Fsp3) is 0.281. The smallest absolute Gasteiger partial charge is 0.221 e. The van der Waals surface area contributed by atoms with Gasteiger partial charge in [0.25, 0.3) is 0 Å². The zero-order valence-corrected chi connectivity index (χ0v) is 24.8. The van der Waals surface area contributed by atoms with E-state index in [1.807, 2.05) is 42.6 Å². The lowest BCUT2D eigenvalue weighted by molar-refractivity contribution is -0.114. The number of hydrogen-bond acceptors (Lipinski definition) is 4. The summed E-state index contributed by atoms with van der Waals surface area (Å²) in [4.78, 5) is 18.8. The predicted molar refractivity (Wildman–Crippen MR) is 165 cm³/mol. The number of benzene rings is 2. The van der Waals surface area contributed by atoms with E-state index in [-0.39, 0.29) is 18.0 Å². The normalized spacial score (nSPS) is 16.7. The van der Waals surface area contributed by atoms with Crippen LogP contribution in [-0.4, -0.2) is 27.7 Å². The van der Waals surface area contributed by atoms with Gasteiger partial charge >= 0.3 is 0 Å². The van der Waals surface area contributed by atoms with Crippen LogP contribution in [0.3, 0.4) is 0 Å². The molecule has 1 amide bonds. The molecule has 4 aromatic rings. The van der Waals surface area contributed by atoms with Gasteiger partial charge in [0, 0.05) is 30.2 Å². The third kappa shape index (κ3) is 4.84. The maximum absolute atomic E-state index is 12.0. The molecule has 1 aliphatic rings. The third-order valence-electron chi connectivity index (χ3n) is 7.52. The minimum absolute atomic E-state index is 0.173. The van der Waals surface area contributed by atoms with Crippen molar-refractivity contribution < 1.29 is 9.53 Å². The van der Waals surface area contributed by atoms with Crippen LogP contribution in [0.2, 0.25) is 0 Å². The minimum Gasteiger partial charge on any atom is -0.495 e. The summed E-state index contributed by atoms with van der Waals surface area (Å²) in [5.41, 5.74) is 10.7. The Labute approximate surface area is 241 Å². The van der Waals surface area contributed by atoms with E-state index in [1.54, 1.807) is 7.11 Å². The van der Waals surface area contributed by atoms with Crippen molar-refractivity contribution in [1.82, 2.24) is 14.9 Å². The summed E-state index contributed by atoms with van der Waals surface area (Å²) in [6.07, 6.45) is 1.81. The minimum atomic E-state index is -0.188. The highest BCUT2D eigenvalue weighted by atomic mass is 32.1. The maximum atomic E-state index is 12.0. The van der Waals surface area contributed by atoms with Gasteiger partial charge in [-0.15, -0.1) is 0 Å². The number of aryl methyl sites for hydroxylation is 4. The lowest BCUT2D eigenvalue weighted by Gasteiger charge is -2.29. The van der Waals surface area contributed by atoms with Crippen LogP contribution in [0.25, 0.3) is 5.69 Å². The number of carbonyl (C=O) groups excluding carboxylic acids is 1. The van der Waals surface area contributed by atoms with Crippen LogP contribution in [0.4, 0.5) is 11.4 Å². The molecule has 7 nitrogen and oxygen atoms in total. The number of anilines is 2. The summed E-state index contributed by atoms with van der Waals surface area (Å²) in [6.45, 7) is 12.3. The zero-order chi connectivity index (χ0) is 28.7. The van der Waals surface area contributed by atoms with E-state index in [0.717, 1.165) is 28.3 Å². The lowest BCUT2D eigenvalue weighted by atomic mass is 9.96. The molecule has 1 saturated heterocycles. The van der Waals surface area contributed by atoms with Crippen LogP contribution >= 0.6 is 12.2 Å². The Hall–Kier alpha value is -4.17. The molecule has 0 bridgehead atoms. The van der Waals surface area contributed by atoms with Crippen molar-refractivity contribution in [3.8, 4) is 11.4 Å². The molecule has 0 spiro atoms. The molecule has 0 radical (unpaired) electrons. The first kappa shape index (κ1) is 27.4. The van der Waals surface area contributed by atoms with Gasteiger partial charge in [-0.2, -0.15) is 0 Å². The predicted octanol–water partition coefficient (Wildman–Crippen LogP) is 6.56. The van der Waals surface area contributed by atoms with Crippen LogP contribution in [0, 0.1) is 34.6 Å². The summed E-state index contributed by atoms with van der Waals surface area (Å²) in [7, 11) is 1.59. The number of carbonyl (C=O) groups is 1. The molecule has 2 N–H and O–H groups in total. The van der Waals surface area contributed by atoms with Crippen molar-refractivity contribution in [2.45, 2.75) is 53.6 Å². The topological polar surface area (TPSA) is 71.4 Å². The van der Waals surface area contributed by atoms with Crippen LogP contribution in [0.15, 0.2) is 60.8 Å². The fourth-order valence-electron chi connectivity index (χ4n) is 6.04. The Balaban J connectivity index is 1.71. The van der Waals surface area contributed by atoms with Crippen molar-refractivity contribution in [2.24, 2.45) is 0 Å². The van der Waals surface area contributed by atoms with Gasteiger partial charge in [-0.3, -0.25) is 9.78 Å². The summed E-state index contributed by atoms with van der Waals surface area (Å²) >= 11 is 5.96. The van der Waals surface area contributed by atoms with E-state index in [9.17, 15) is 4.79 Å². The molecule has 1 fully saturated rings.